The van der Waals surface area contributed by atoms with E-state index in [1.807, 2.05) is 0 Å². The first-order valence-electron chi connectivity index (χ1n) is 13.9. The average molecular weight is 616 g/mol. The fourth-order valence-electron chi connectivity index (χ4n) is 5.01. The molecule has 0 aliphatic heterocycles. The van der Waals surface area contributed by atoms with Gasteiger partial charge in [-0.25, -0.2) is 12.8 Å². The lowest BCUT2D eigenvalue weighted by Crippen LogP contribution is -2.53. The van der Waals surface area contributed by atoms with E-state index in [-0.39, 0.29) is 34.1 Å². The second kappa shape index (κ2) is 14.0. The predicted molar refractivity (Wildman–Crippen MR) is 160 cm³/mol. The van der Waals surface area contributed by atoms with E-state index >= 15 is 0 Å². The molecule has 0 radical (unpaired) electrons. The number of rotatable bonds is 11. The number of carbonyl (C=O) groups excluding carboxylic acids is 2. The summed E-state index contributed by atoms with van der Waals surface area (Å²) in [6.45, 7) is 1.00. The number of nitrogens with zero attached hydrogens (tertiary/aromatic N) is 2. The predicted octanol–water partition coefficient (Wildman–Crippen LogP) is 5.55. The molecule has 0 saturated heterocycles. The Kier molecular flexibility index (Phi) is 10.5. The maximum atomic E-state index is 14.1. The van der Waals surface area contributed by atoms with E-state index in [0.717, 1.165) is 48.5 Å². The molecule has 0 heterocycles. The van der Waals surface area contributed by atoms with E-state index in [2.05, 4.69) is 5.32 Å². The van der Waals surface area contributed by atoms with Crippen LogP contribution in [0.5, 0.6) is 5.75 Å². The van der Waals surface area contributed by atoms with Gasteiger partial charge in [-0.1, -0.05) is 61.2 Å². The highest BCUT2D eigenvalue weighted by Crippen LogP contribution is 2.28. The van der Waals surface area contributed by atoms with Crippen molar-refractivity contribution in [2.75, 3.05) is 18.0 Å². The molecule has 1 unspecified atom stereocenters. The van der Waals surface area contributed by atoms with Gasteiger partial charge >= 0.3 is 0 Å². The zero-order chi connectivity index (χ0) is 30.3. The van der Waals surface area contributed by atoms with Gasteiger partial charge in [-0.15, -0.1) is 0 Å². The summed E-state index contributed by atoms with van der Waals surface area (Å²) in [7, 11) is -2.75. The van der Waals surface area contributed by atoms with Crippen molar-refractivity contribution >= 4 is 39.1 Å². The second-order valence-corrected chi connectivity index (χ2v) is 12.6. The molecule has 0 spiro atoms. The van der Waals surface area contributed by atoms with Crippen LogP contribution in [0.1, 0.15) is 44.6 Å². The molecule has 11 heteroatoms. The maximum Gasteiger partial charge on any atom is 0.264 e. The molecule has 224 valence electrons. The maximum absolute atomic E-state index is 14.1. The number of methoxy groups -OCH3 is 1. The van der Waals surface area contributed by atoms with Crippen molar-refractivity contribution in [1.82, 2.24) is 10.2 Å². The Morgan fingerprint density at radius 1 is 1.02 bits per heavy atom. The summed E-state index contributed by atoms with van der Waals surface area (Å²) in [6, 6.07) is 17.3. The van der Waals surface area contributed by atoms with Gasteiger partial charge in [-0.2, -0.15) is 0 Å². The highest BCUT2D eigenvalue weighted by atomic mass is 35.5. The Morgan fingerprint density at radius 3 is 2.40 bits per heavy atom. The van der Waals surface area contributed by atoms with Gasteiger partial charge in [0.2, 0.25) is 11.8 Å². The molecule has 1 N–H and O–H groups in total. The van der Waals surface area contributed by atoms with E-state index < -0.39 is 34.3 Å². The Labute approximate surface area is 251 Å². The third kappa shape index (κ3) is 7.60. The topological polar surface area (TPSA) is 96.0 Å². The number of nitrogens with one attached hydrogen (secondary N) is 1. The van der Waals surface area contributed by atoms with E-state index in [0.29, 0.717) is 11.3 Å². The van der Waals surface area contributed by atoms with Gasteiger partial charge in [-0.05, 0) is 67.8 Å². The molecule has 4 rings (SSSR count). The molecule has 2 amide bonds. The minimum absolute atomic E-state index is 0.0132. The Morgan fingerprint density at radius 2 is 1.74 bits per heavy atom. The SMILES string of the molecule is COc1cccc(CN(C(=O)CN(c2ccc(F)c(Cl)c2)S(=O)(=O)c2ccccc2)C(C)C(=O)NC2CCCCC2)c1. The number of ether oxygens (including phenoxy) is 1. The normalized spacial score (nSPS) is 14.6. The lowest BCUT2D eigenvalue weighted by atomic mass is 9.95. The molecule has 1 aliphatic carbocycles. The standard InChI is InChI=1S/C31H35ClFN3O5S/c1-22(31(38)34-24-11-5-3-6-12-24)35(20-23-10-9-13-26(18-23)41-2)30(37)21-36(25-16-17-29(33)28(32)19-25)42(39,40)27-14-7-4-8-15-27/h4,7-10,13-19,22,24H,3,5-6,11-12,20-21H2,1-2H3,(H,34,38). The van der Waals surface area contributed by atoms with Crippen LogP contribution in [0, 0.1) is 5.82 Å². The monoisotopic (exact) mass is 615 g/mol. The summed E-state index contributed by atoms with van der Waals surface area (Å²) in [6.07, 6.45) is 4.92. The summed E-state index contributed by atoms with van der Waals surface area (Å²) in [5.74, 6) is -1.09. The largest absolute Gasteiger partial charge is 0.497 e. The number of amides is 2. The smallest absolute Gasteiger partial charge is 0.264 e. The molecule has 1 saturated carbocycles. The number of anilines is 1. The first-order valence-corrected chi connectivity index (χ1v) is 15.7. The van der Waals surface area contributed by atoms with Crippen molar-refractivity contribution in [2.45, 2.75) is 62.6 Å². The van der Waals surface area contributed by atoms with Crippen molar-refractivity contribution in [3.8, 4) is 5.75 Å². The Hall–Kier alpha value is -3.63. The highest BCUT2D eigenvalue weighted by Gasteiger charge is 2.33. The number of benzene rings is 3. The van der Waals surface area contributed by atoms with E-state index in [9.17, 15) is 22.4 Å². The minimum Gasteiger partial charge on any atom is -0.497 e. The van der Waals surface area contributed by atoms with Gasteiger partial charge in [0.25, 0.3) is 10.0 Å². The first kappa shape index (κ1) is 31.3. The zero-order valence-corrected chi connectivity index (χ0v) is 25.2. The van der Waals surface area contributed by atoms with Crippen molar-refractivity contribution in [3.05, 3.63) is 89.2 Å². The molecule has 1 aliphatic rings. The van der Waals surface area contributed by atoms with E-state index in [1.165, 1.54) is 30.2 Å². The van der Waals surface area contributed by atoms with Gasteiger partial charge < -0.3 is 15.0 Å². The fraction of sp³-hybridized carbons (Fsp3) is 0.355. The Balaban J connectivity index is 1.69. The third-order valence-corrected chi connectivity index (χ3v) is 9.48. The second-order valence-electron chi connectivity index (χ2n) is 10.3. The summed E-state index contributed by atoms with van der Waals surface area (Å²) in [5.41, 5.74) is 0.710. The Bertz CT molecular complexity index is 1500. The summed E-state index contributed by atoms with van der Waals surface area (Å²) in [5, 5.41) is 2.78. The van der Waals surface area contributed by atoms with Crippen molar-refractivity contribution in [1.29, 1.82) is 0 Å². The number of hydrogen-bond acceptors (Lipinski definition) is 5. The number of hydrogen-bond donors (Lipinski definition) is 1. The van der Waals surface area contributed by atoms with Crippen LogP contribution in [0.15, 0.2) is 77.7 Å². The summed E-state index contributed by atoms with van der Waals surface area (Å²) < 4.78 is 47.9. The van der Waals surface area contributed by atoms with E-state index in [4.69, 9.17) is 16.3 Å². The van der Waals surface area contributed by atoms with Crippen molar-refractivity contribution < 1.29 is 27.1 Å². The van der Waals surface area contributed by atoms with Crippen LogP contribution in [-0.4, -0.2) is 50.9 Å². The lowest BCUT2D eigenvalue weighted by molar-refractivity contribution is -0.139. The number of halogens is 2. The number of sulfonamides is 1. The molecular weight excluding hydrogens is 581 g/mol. The molecule has 42 heavy (non-hydrogen) atoms. The molecule has 3 aromatic carbocycles. The summed E-state index contributed by atoms with van der Waals surface area (Å²) >= 11 is 6.02. The van der Waals surface area contributed by atoms with Crippen LogP contribution in [0.3, 0.4) is 0 Å². The van der Waals surface area contributed by atoms with Gasteiger partial charge in [0.1, 0.15) is 24.2 Å². The molecule has 0 aromatic heterocycles. The average Bonchev–Trinajstić information content (AvgIpc) is 3.00. The van der Waals surface area contributed by atoms with Gasteiger partial charge in [0.15, 0.2) is 0 Å². The highest BCUT2D eigenvalue weighted by molar-refractivity contribution is 7.92. The molecule has 0 bridgehead atoms. The van der Waals surface area contributed by atoms with Gasteiger partial charge in [-0.3, -0.25) is 13.9 Å². The van der Waals surface area contributed by atoms with Crippen molar-refractivity contribution in [2.24, 2.45) is 0 Å². The minimum atomic E-state index is -4.28. The van der Waals surface area contributed by atoms with Crippen LogP contribution in [0.25, 0.3) is 0 Å². The first-order chi connectivity index (χ1) is 20.1. The van der Waals surface area contributed by atoms with Crippen molar-refractivity contribution in [3.63, 3.8) is 0 Å². The molecular formula is C31H35ClFN3O5S. The van der Waals surface area contributed by atoms with Crippen LogP contribution in [0.4, 0.5) is 10.1 Å². The van der Waals surface area contributed by atoms with Gasteiger partial charge in [0, 0.05) is 12.6 Å². The summed E-state index contributed by atoms with van der Waals surface area (Å²) in [4.78, 5) is 28.8. The molecule has 3 aromatic rings. The van der Waals surface area contributed by atoms with Crippen LogP contribution in [0.2, 0.25) is 5.02 Å². The van der Waals surface area contributed by atoms with Gasteiger partial charge in [0.05, 0.1) is 22.7 Å². The molecule has 1 fully saturated rings. The number of carbonyl (C=O) groups is 2. The van der Waals surface area contributed by atoms with Crippen LogP contribution >= 0.6 is 11.6 Å². The molecule has 1 atom stereocenters. The van der Waals surface area contributed by atoms with E-state index in [1.54, 1.807) is 49.4 Å². The third-order valence-electron chi connectivity index (χ3n) is 7.41. The van der Waals surface area contributed by atoms with Crippen LogP contribution in [-0.2, 0) is 26.2 Å². The fourth-order valence-corrected chi connectivity index (χ4v) is 6.61. The zero-order valence-electron chi connectivity index (χ0n) is 23.6. The lowest BCUT2D eigenvalue weighted by Gasteiger charge is -2.33. The molecule has 8 nitrogen and oxygen atoms in total. The van der Waals surface area contributed by atoms with Crippen LogP contribution < -0.4 is 14.4 Å². The quantitative estimate of drug-likeness (QED) is 0.305.